The maximum absolute atomic E-state index is 12.6. The molecule has 0 fully saturated rings. The minimum atomic E-state index is -4.44. The first kappa shape index (κ1) is 47.8. The second-order valence-electron chi connectivity index (χ2n) is 13.0. The molecule has 1 atom stereocenters. The predicted octanol–water partition coefficient (Wildman–Crippen LogP) is 8.77. The van der Waals surface area contributed by atoms with Gasteiger partial charge in [-0.25, -0.2) is 4.57 Å². The monoisotopic (exact) mass is 748 g/mol. The van der Waals surface area contributed by atoms with Gasteiger partial charge in [0.05, 0.1) is 32.6 Å². The summed E-state index contributed by atoms with van der Waals surface area (Å²) in [6.45, 7) is 4.03. The van der Waals surface area contributed by atoms with Crippen LogP contribution in [-0.4, -0.2) is 91.5 Å². The number of unbranched alkanes of at least 4 members (excludes halogenated alkanes) is 14. The van der Waals surface area contributed by atoms with Crippen LogP contribution in [0, 0.1) is 23.7 Å². The Balaban J connectivity index is 4.44. The minimum absolute atomic E-state index is 0.00270. The Kier molecular flexibility index (Phi) is 31.9. The van der Waals surface area contributed by atoms with Crippen molar-refractivity contribution in [3.8, 4) is 23.7 Å². The molecule has 9 nitrogen and oxygen atoms in total. The molecular formula is C37H67NO8PS2+. The molecule has 1 unspecified atom stereocenters. The van der Waals surface area contributed by atoms with Crippen LogP contribution in [0.2, 0.25) is 0 Å². The van der Waals surface area contributed by atoms with Crippen molar-refractivity contribution >= 4 is 43.3 Å². The predicted molar refractivity (Wildman–Crippen MR) is 205 cm³/mol. The van der Waals surface area contributed by atoms with Crippen molar-refractivity contribution in [1.82, 2.24) is 0 Å². The number of rotatable bonds is 31. The van der Waals surface area contributed by atoms with Gasteiger partial charge in [-0.3, -0.25) is 18.6 Å². The summed E-state index contributed by atoms with van der Waals surface area (Å²) >= 11 is 2.92. The van der Waals surface area contributed by atoms with E-state index < -0.39 is 32.7 Å². The molecule has 0 saturated carbocycles. The van der Waals surface area contributed by atoms with E-state index in [1.54, 1.807) is 0 Å². The van der Waals surface area contributed by atoms with Gasteiger partial charge in [0.1, 0.15) is 19.8 Å². The zero-order valence-electron chi connectivity index (χ0n) is 31.3. The van der Waals surface area contributed by atoms with Crippen LogP contribution in [-0.2, 0) is 32.7 Å². The van der Waals surface area contributed by atoms with Gasteiger partial charge in [-0.05, 0) is 37.2 Å². The molecule has 0 aromatic carbocycles. The van der Waals surface area contributed by atoms with Crippen LogP contribution in [0.3, 0.4) is 0 Å². The molecule has 0 radical (unpaired) electrons. The number of hydrogen-bond acceptors (Lipinski definition) is 9. The number of nitrogens with zero attached hydrogens (tertiary/aromatic N) is 1. The summed E-state index contributed by atoms with van der Waals surface area (Å²) in [7, 11) is 1.35. The Bertz CT molecular complexity index is 958. The Morgan fingerprint density at radius 3 is 1.47 bits per heavy atom. The topological polar surface area (TPSA) is 108 Å². The number of phosphoric ester groups is 1. The third-order valence-corrected chi connectivity index (χ3v) is 10.2. The first-order valence-corrected chi connectivity index (χ1v) is 22.2. The van der Waals surface area contributed by atoms with Gasteiger partial charge in [0.25, 0.3) is 6.29 Å². The zero-order valence-corrected chi connectivity index (χ0v) is 33.8. The van der Waals surface area contributed by atoms with Crippen LogP contribution in [0.1, 0.15) is 129 Å². The van der Waals surface area contributed by atoms with Crippen LogP contribution in [0.15, 0.2) is 0 Å². The van der Waals surface area contributed by atoms with Gasteiger partial charge in [0.2, 0.25) is 0 Å². The second kappa shape index (κ2) is 32.7. The Hall–Kier alpha value is -1.17. The number of phosphoric acid groups is 1. The maximum atomic E-state index is 12.6. The van der Waals surface area contributed by atoms with Gasteiger partial charge in [-0.15, -0.1) is 23.7 Å². The van der Waals surface area contributed by atoms with Gasteiger partial charge < -0.3 is 18.9 Å². The lowest BCUT2D eigenvalue weighted by Crippen LogP contribution is -2.37. The van der Waals surface area contributed by atoms with Crippen molar-refractivity contribution in [3.63, 3.8) is 0 Å². The standard InChI is InChI=1S/C37H66NO8PS2/c1-6-8-10-12-14-16-18-20-22-24-26-30-48-33-35(39)45-37(32-44-47(41,42)43-29-28-38(3,4)5)46-36(40)34-49-31-27-25-23-21-19-17-15-13-11-9-7-2/h37H,6-7,12-34H2,1-5H3/p+1. The number of esters is 2. The highest BCUT2D eigenvalue weighted by Gasteiger charge is 2.28. The van der Waals surface area contributed by atoms with Gasteiger partial charge >= 0.3 is 19.8 Å². The number of quaternary nitrogens is 1. The number of hydrogen-bond donors (Lipinski definition) is 1. The van der Waals surface area contributed by atoms with Gasteiger partial charge in [-0.2, -0.15) is 23.5 Å². The summed E-state index contributed by atoms with van der Waals surface area (Å²) in [6, 6.07) is 0. The van der Waals surface area contributed by atoms with Crippen LogP contribution < -0.4 is 0 Å². The lowest BCUT2D eigenvalue weighted by molar-refractivity contribution is -0.870. The largest absolute Gasteiger partial charge is 0.472 e. The van der Waals surface area contributed by atoms with Crippen LogP contribution in [0.4, 0.5) is 0 Å². The fourth-order valence-corrected chi connectivity index (χ4v) is 6.69. The van der Waals surface area contributed by atoms with Crippen LogP contribution >= 0.6 is 31.3 Å². The lowest BCUT2D eigenvalue weighted by Gasteiger charge is -2.24. The van der Waals surface area contributed by atoms with Crippen LogP contribution in [0.5, 0.6) is 0 Å². The highest BCUT2D eigenvalue weighted by atomic mass is 32.2. The number of thioether (sulfide) groups is 2. The first-order chi connectivity index (χ1) is 23.5. The van der Waals surface area contributed by atoms with Crippen molar-refractivity contribution in [2.45, 2.75) is 136 Å². The van der Waals surface area contributed by atoms with E-state index in [0.717, 1.165) is 62.9 Å². The second-order valence-corrected chi connectivity index (χ2v) is 16.7. The summed E-state index contributed by atoms with van der Waals surface area (Å²) in [6.07, 6.45) is 18.6. The lowest BCUT2D eigenvalue weighted by atomic mass is 10.1. The Morgan fingerprint density at radius 1 is 0.653 bits per heavy atom. The van der Waals surface area contributed by atoms with E-state index in [2.05, 4.69) is 37.5 Å². The molecule has 0 aliphatic heterocycles. The smallest absolute Gasteiger partial charge is 0.422 e. The molecular weight excluding hydrogens is 682 g/mol. The molecule has 284 valence electrons. The van der Waals surface area contributed by atoms with Gasteiger partial charge in [0, 0.05) is 25.7 Å². The molecule has 0 aliphatic carbocycles. The highest BCUT2D eigenvalue weighted by molar-refractivity contribution is 8.00. The number of carbonyl (C=O) groups is 2. The summed E-state index contributed by atoms with van der Waals surface area (Å²) in [5.41, 5.74) is 0. The van der Waals surface area contributed by atoms with E-state index in [1.165, 1.54) is 87.7 Å². The van der Waals surface area contributed by atoms with Crippen molar-refractivity contribution in [1.29, 1.82) is 0 Å². The fourth-order valence-electron chi connectivity index (χ4n) is 4.42. The molecule has 1 N–H and O–H groups in total. The van der Waals surface area contributed by atoms with E-state index in [4.69, 9.17) is 18.5 Å². The number of ether oxygens (including phenoxy) is 2. The molecule has 0 heterocycles. The maximum Gasteiger partial charge on any atom is 0.472 e. The molecule has 0 aromatic heterocycles. The summed E-state index contributed by atoms with van der Waals surface area (Å²) in [5, 5.41) is 0. The summed E-state index contributed by atoms with van der Waals surface area (Å²) in [5.74, 6) is 13.3. The average Bonchev–Trinajstić information content (AvgIpc) is 3.03. The summed E-state index contributed by atoms with van der Waals surface area (Å²) in [4.78, 5) is 35.2. The number of carbonyl (C=O) groups excluding carboxylic acids is 2. The molecule has 0 aromatic rings. The van der Waals surface area contributed by atoms with E-state index >= 15 is 0 Å². The van der Waals surface area contributed by atoms with Gasteiger partial charge in [0.15, 0.2) is 0 Å². The molecule has 0 rings (SSSR count). The highest BCUT2D eigenvalue weighted by Crippen LogP contribution is 2.43. The Morgan fingerprint density at radius 2 is 1.06 bits per heavy atom. The molecule has 0 aliphatic rings. The van der Waals surface area contributed by atoms with E-state index in [-0.39, 0.29) is 18.1 Å². The number of likely N-dealkylation sites (N-methyl/N-ethyl adjacent to an activating group) is 1. The normalized spacial score (nSPS) is 12.5. The van der Waals surface area contributed by atoms with E-state index in [9.17, 15) is 19.0 Å². The molecule has 12 heteroatoms. The van der Waals surface area contributed by atoms with Crippen molar-refractivity contribution in [2.24, 2.45) is 0 Å². The third-order valence-electron chi connectivity index (χ3n) is 7.14. The minimum Gasteiger partial charge on any atom is -0.422 e. The zero-order chi connectivity index (χ0) is 36.5. The molecule has 0 spiro atoms. The average molecular weight is 749 g/mol. The molecule has 0 amide bonds. The summed E-state index contributed by atoms with van der Waals surface area (Å²) < 4.78 is 33.7. The first-order valence-electron chi connectivity index (χ1n) is 18.4. The molecule has 0 saturated heterocycles. The Labute approximate surface area is 307 Å². The molecule has 0 bridgehead atoms. The van der Waals surface area contributed by atoms with Crippen molar-refractivity contribution in [3.05, 3.63) is 0 Å². The SMILES string of the molecule is CCC#CCCCCCCCCCSCC(=O)OC(COP(=O)(O)OCC[N+](C)(C)C)OC(=O)CSCCCCCCCCCC#CCC. The van der Waals surface area contributed by atoms with Crippen molar-refractivity contribution in [2.75, 3.05) is 63.9 Å². The van der Waals surface area contributed by atoms with Crippen LogP contribution in [0.25, 0.3) is 0 Å². The quantitative estimate of drug-likeness (QED) is 0.0185. The van der Waals surface area contributed by atoms with Crippen molar-refractivity contribution < 1.29 is 42.1 Å². The van der Waals surface area contributed by atoms with E-state index in [0.29, 0.717) is 11.0 Å². The fraction of sp³-hybridized carbons (Fsp3) is 0.838. The third kappa shape index (κ3) is 36.4. The van der Waals surface area contributed by atoms with Gasteiger partial charge in [-0.1, -0.05) is 78.1 Å². The van der Waals surface area contributed by atoms with E-state index in [1.807, 2.05) is 21.1 Å². The molecule has 49 heavy (non-hydrogen) atoms.